The molecule has 1 amide bonds. The Kier molecular flexibility index (Phi) is 4.93. The summed E-state index contributed by atoms with van der Waals surface area (Å²) in [5.74, 6) is 0.847. The summed E-state index contributed by atoms with van der Waals surface area (Å²) in [5.41, 5.74) is 0.962. The molecule has 1 aliphatic rings. The number of nitrogens with one attached hydrogen (secondary N) is 1. The maximum absolute atomic E-state index is 12.8. The van der Waals surface area contributed by atoms with Crippen molar-refractivity contribution >= 4 is 23.0 Å². The van der Waals surface area contributed by atoms with Gasteiger partial charge in [-0.15, -0.1) is 11.3 Å². The average Bonchev–Trinajstić information content (AvgIpc) is 3.32. The van der Waals surface area contributed by atoms with Gasteiger partial charge in [0.2, 0.25) is 0 Å². The molecule has 0 aliphatic carbocycles. The van der Waals surface area contributed by atoms with Crippen molar-refractivity contribution < 1.29 is 14.1 Å². The predicted octanol–water partition coefficient (Wildman–Crippen LogP) is 1.94. The molecular weight excluding hydrogens is 310 g/mol. The zero-order chi connectivity index (χ0) is 16.2. The summed E-state index contributed by atoms with van der Waals surface area (Å²) in [6.45, 7) is 6.53. The van der Waals surface area contributed by atoms with Crippen molar-refractivity contribution in [3.63, 3.8) is 0 Å². The van der Waals surface area contributed by atoms with Crippen LogP contribution in [-0.2, 0) is 4.79 Å². The van der Waals surface area contributed by atoms with E-state index >= 15 is 0 Å². The SMILES string of the molecule is CC[NH+](CC)CC(=O)N1N=C(c2cccs2)C[C@H]1c1ccco1. The zero-order valence-electron chi connectivity index (χ0n) is 13.5. The zero-order valence-corrected chi connectivity index (χ0v) is 14.3. The first-order valence-electron chi connectivity index (χ1n) is 8.03. The quantitative estimate of drug-likeness (QED) is 0.879. The Balaban J connectivity index is 1.84. The normalized spacial score (nSPS) is 17.8. The van der Waals surface area contributed by atoms with E-state index in [0.717, 1.165) is 29.4 Å². The van der Waals surface area contributed by atoms with Crippen molar-refractivity contribution in [1.82, 2.24) is 5.01 Å². The second kappa shape index (κ2) is 7.10. The highest BCUT2D eigenvalue weighted by Gasteiger charge is 2.36. The number of quaternary nitrogens is 1. The minimum Gasteiger partial charge on any atom is -0.467 e. The molecule has 2 aromatic heterocycles. The molecule has 3 rings (SSSR count). The van der Waals surface area contributed by atoms with Gasteiger partial charge in [0.1, 0.15) is 11.8 Å². The number of hydrazone groups is 1. The smallest absolute Gasteiger partial charge is 0.298 e. The summed E-state index contributed by atoms with van der Waals surface area (Å²) in [7, 11) is 0. The van der Waals surface area contributed by atoms with Gasteiger partial charge < -0.3 is 9.32 Å². The summed E-state index contributed by atoms with van der Waals surface area (Å²) < 4.78 is 5.55. The van der Waals surface area contributed by atoms with Crippen LogP contribution in [0.15, 0.2) is 45.4 Å². The number of carbonyl (C=O) groups is 1. The number of furan rings is 1. The largest absolute Gasteiger partial charge is 0.467 e. The summed E-state index contributed by atoms with van der Waals surface area (Å²) in [6.07, 6.45) is 2.35. The van der Waals surface area contributed by atoms with Gasteiger partial charge in [0, 0.05) is 6.42 Å². The van der Waals surface area contributed by atoms with Crippen LogP contribution in [0.1, 0.15) is 36.9 Å². The highest BCUT2D eigenvalue weighted by molar-refractivity contribution is 7.12. The number of rotatable bonds is 6. The van der Waals surface area contributed by atoms with Crippen molar-refractivity contribution in [2.24, 2.45) is 5.10 Å². The third-order valence-electron chi connectivity index (χ3n) is 4.24. The van der Waals surface area contributed by atoms with E-state index in [2.05, 4.69) is 18.9 Å². The van der Waals surface area contributed by atoms with Gasteiger partial charge in [0.15, 0.2) is 6.54 Å². The van der Waals surface area contributed by atoms with Crippen molar-refractivity contribution in [1.29, 1.82) is 0 Å². The molecular formula is C17H22N3O2S+. The second-order valence-corrected chi connectivity index (χ2v) is 6.58. The molecule has 122 valence electrons. The lowest BCUT2D eigenvalue weighted by Crippen LogP contribution is -3.12. The maximum atomic E-state index is 12.8. The molecule has 0 saturated heterocycles. The van der Waals surface area contributed by atoms with Crippen LogP contribution in [0, 0.1) is 0 Å². The molecule has 0 radical (unpaired) electrons. The summed E-state index contributed by atoms with van der Waals surface area (Å²) in [5, 5.41) is 8.28. The number of carbonyl (C=O) groups excluding carboxylic acids is 1. The Morgan fingerprint density at radius 2 is 2.22 bits per heavy atom. The topological polar surface area (TPSA) is 50.2 Å². The van der Waals surface area contributed by atoms with E-state index < -0.39 is 0 Å². The molecule has 1 atom stereocenters. The lowest BCUT2D eigenvalue weighted by atomic mass is 10.1. The number of nitrogens with zero attached hydrogens (tertiary/aromatic N) is 2. The third-order valence-corrected chi connectivity index (χ3v) is 5.16. The van der Waals surface area contributed by atoms with E-state index in [1.165, 1.54) is 4.90 Å². The first kappa shape index (κ1) is 16.0. The molecule has 1 aliphatic heterocycles. The average molecular weight is 332 g/mol. The number of hydrogen-bond acceptors (Lipinski definition) is 4. The molecule has 2 aromatic rings. The number of hydrogen-bond donors (Lipinski definition) is 1. The van der Waals surface area contributed by atoms with E-state index in [1.807, 2.05) is 29.6 Å². The van der Waals surface area contributed by atoms with Gasteiger partial charge in [-0.2, -0.15) is 5.10 Å². The monoisotopic (exact) mass is 332 g/mol. The summed E-state index contributed by atoms with van der Waals surface area (Å²) >= 11 is 1.65. The van der Waals surface area contributed by atoms with E-state index in [-0.39, 0.29) is 11.9 Å². The fourth-order valence-corrected chi connectivity index (χ4v) is 3.55. The Morgan fingerprint density at radius 3 is 2.83 bits per heavy atom. The first-order valence-corrected chi connectivity index (χ1v) is 8.91. The van der Waals surface area contributed by atoms with Crippen LogP contribution in [0.5, 0.6) is 0 Å². The van der Waals surface area contributed by atoms with Crippen molar-refractivity contribution in [3.8, 4) is 0 Å². The fraction of sp³-hybridized carbons (Fsp3) is 0.412. The predicted molar refractivity (Wildman–Crippen MR) is 90.7 cm³/mol. The van der Waals surface area contributed by atoms with E-state index in [4.69, 9.17) is 4.42 Å². The van der Waals surface area contributed by atoms with Crippen LogP contribution in [0.25, 0.3) is 0 Å². The van der Waals surface area contributed by atoms with E-state index in [1.54, 1.807) is 22.6 Å². The minimum atomic E-state index is -0.135. The lowest BCUT2D eigenvalue weighted by molar-refractivity contribution is -0.888. The molecule has 0 aromatic carbocycles. The standard InChI is InChI=1S/C17H21N3O2S/c1-3-19(4-2)12-17(21)20-14(15-7-5-9-22-15)11-13(18-20)16-8-6-10-23-16/h5-10,14H,3-4,11-12H2,1-2H3/p+1/t14-/m0/s1. The fourth-order valence-electron chi connectivity index (χ4n) is 2.83. The molecule has 0 spiro atoms. The Labute approximate surface area is 140 Å². The minimum absolute atomic E-state index is 0.0525. The van der Waals surface area contributed by atoms with E-state index in [9.17, 15) is 4.79 Å². The molecule has 5 nitrogen and oxygen atoms in total. The summed E-state index contributed by atoms with van der Waals surface area (Å²) in [6, 6.07) is 7.70. The van der Waals surface area contributed by atoms with Gasteiger partial charge >= 0.3 is 0 Å². The highest BCUT2D eigenvalue weighted by Crippen LogP contribution is 2.33. The van der Waals surface area contributed by atoms with Crippen LogP contribution in [-0.4, -0.2) is 36.3 Å². The molecule has 0 unspecified atom stereocenters. The van der Waals surface area contributed by atoms with Gasteiger partial charge in [0.05, 0.1) is 29.9 Å². The molecule has 0 fully saturated rings. The van der Waals surface area contributed by atoms with Crippen LogP contribution in [0.3, 0.4) is 0 Å². The van der Waals surface area contributed by atoms with Crippen molar-refractivity contribution in [2.45, 2.75) is 26.3 Å². The molecule has 6 heteroatoms. The van der Waals surface area contributed by atoms with Gasteiger partial charge in [-0.3, -0.25) is 4.79 Å². The molecule has 0 bridgehead atoms. The molecule has 23 heavy (non-hydrogen) atoms. The van der Waals surface area contributed by atoms with E-state index in [0.29, 0.717) is 13.0 Å². The first-order chi connectivity index (χ1) is 11.2. The molecule has 1 N–H and O–H groups in total. The van der Waals surface area contributed by atoms with Crippen LogP contribution in [0.2, 0.25) is 0 Å². The van der Waals surface area contributed by atoms with Crippen LogP contribution < -0.4 is 4.90 Å². The third kappa shape index (κ3) is 3.38. The Morgan fingerprint density at radius 1 is 1.39 bits per heavy atom. The van der Waals surface area contributed by atoms with Gasteiger partial charge in [-0.05, 0) is 37.4 Å². The number of likely N-dealkylation sites (N-methyl/N-ethyl adjacent to an activating group) is 1. The maximum Gasteiger partial charge on any atom is 0.298 e. The van der Waals surface area contributed by atoms with Gasteiger partial charge in [0.25, 0.3) is 5.91 Å². The number of amides is 1. The van der Waals surface area contributed by atoms with Gasteiger partial charge in [-0.25, -0.2) is 5.01 Å². The van der Waals surface area contributed by atoms with Gasteiger partial charge in [-0.1, -0.05) is 6.07 Å². The van der Waals surface area contributed by atoms with Crippen molar-refractivity contribution in [3.05, 3.63) is 46.5 Å². The Hall–Kier alpha value is -1.92. The van der Waals surface area contributed by atoms with Crippen LogP contribution >= 0.6 is 11.3 Å². The highest BCUT2D eigenvalue weighted by atomic mass is 32.1. The summed E-state index contributed by atoms with van der Waals surface area (Å²) in [4.78, 5) is 15.1. The lowest BCUT2D eigenvalue weighted by Gasteiger charge is -2.22. The molecule has 0 saturated carbocycles. The van der Waals surface area contributed by atoms with Crippen molar-refractivity contribution in [2.75, 3.05) is 19.6 Å². The second-order valence-electron chi connectivity index (χ2n) is 5.63. The Bertz CT molecular complexity index is 660. The molecule has 3 heterocycles. The van der Waals surface area contributed by atoms with Crippen LogP contribution in [0.4, 0.5) is 0 Å². The number of thiophene rings is 1.